The van der Waals surface area contributed by atoms with E-state index in [1.807, 2.05) is 0 Å². The van der Waals surface area contributed by atoms with Gasteiger partial charge in [-0.15, -0.1) is 12.4 Å². The molecule has 2 N–H and O–H groups in total. The van der Waals surface area contributed by atoms with E-state index in [2.05, 4.69) is 5.32 Å². The average molecular weight is 192 g/mol. The molecule has 2 aliphatic heterocycles. The quantitative estimate of drug-likeness (QED) is 0.653. The van der Waals surface area contributed by atoms with E-state index in [0.29, 0.717) is 6.61 Å². The van der Waals surface area contributed by atoms with Crippen LogP contribution in [-0.4, -0.2) is 24.8 Å². The summed E-state index contributed by atoms with van der Waals surface area (Å²) in [4.78, 5) is 0. The molecule has 2 bridgehead atoms. The number of rotatable bonds is 1. The van der Waals surface area contributed by atoms with E-state index in [9.17, 15) is 5.11 Å². The van der Waals surface area contributed by atoms with Crippen LogP contribution >= 0.6 is 12.4 Å². The Kier molecular flexibility index (Phi) is 3.38. The highest BCUT2D eigenvalue weighted by molar-refractivity contribution is 5.85. The second-order valence-corrected chi connectivity index (χ2v) is 4.23. The predicted molar refractivity (Wildman–Crippen MR) is 51.6 cm³/mol. The molecule has 0 spiro atoms. The standard InChI is InChI=1S/C9H17NO.ClH/c11-7-9-3-1-8(2-4-9)5-10-6-9;/h8,10-11H,1-7H2;1H. The molecule has 0 atom stereocenters. The third-order valence-corrected chi connectivity index (χ3v) is 3.43. The van der Waals surface area contributed by atoms with Crippen LogP contribution in [0.2, 0.25) is 0 Å². The fourth-order valence-corrected chi connectivity index (χ4v) is 2.43. The third kappa shape index (κ3) is 1.76. The molecular weight excluding hydrogens is 174 g/mol. The van der Waals surface area contributed by atoms with Crippen LogP contribution < -0.4 is 5.32 Å². The van der Waals surface area contributed by atoms with Crippen molar-refractivity contribution in [2.75, 3.05) is 19.7 Å². The molecule has 0 amide bonds. The Labute approximate surface area is 80.1 Å². The number of hydrogen-bond donors (Lipinski definition) is 2. The van der Waals surface area contributed by atoms with Gasteiger partial charge < -0.3 is 10.4 Å². The van der Waals surface area contributed by atoms with E-state index >= 15 is 0 Å². The summed E-state index contributed by atoms with van der Waals surface area (Å²) in [6.07, 6.45) is 5.13. The second-order valence-electron chi connectivity index (χ2n) is 4.23. The molecule has 2 saturated heterocycles. The van der Waals surface area contributed by atoms with Gasteiger partial charge in [0.15, 0.2) is 0 Å². The minimum Gasteiger partial charge on any atom is -0.396 e. The smallest absolute Gasteiger partial charge is 0.0499 e. The largest absolute Gasteiger partial charge is 0.396 e. The fourth-order valence-electron chi connectivity index (χ4n) is 2.43. The lowest BCUT2D eigenvalue weighted by Crippen LogP contribution is -2.35. The lowest BCUT2D eigenvalue weighted by atomic mass is 9.72. The molecule has 3 aliphatic rings. The zero-order valence-corrected chi connectivity index (χ0v) is 8.20. The molecule has 0 aromatic heterocycles. The highest BCUT2D eigenvalue weighted by atomic mass is 35.5. The summed E-state index contributed by atoms with van der Waals surface area (Å²) >= 11 is 0. The molecule has 3 heteroatoms. The third-order valence-electron chi connectivity index (χ3n) is 3.43. The average Bonchev–Trinajstić information content (AvgIpc) is 2.37. The van der Waals surface area contributed by atoms with Gasteiger partial charge in [-0.2, -0.15) is 0 Å². The van der Waals surface area contributed by atoms with Gasteiger partial charge in [-0.05, 0) is 38.1 Å². The molecule has 72 valence electrons. The summed E-state index contributed by atoms with van der Waals surface area (Å²) in [7, 11) is 0. The number of nitrogens with one attached hydrogen (secondary N) is 1. The molecule has 1 aliphatic carbocycles. The summed E-state index contributed by atoms with van der Waals surface area (Å²) < 4.78 is 0. The summed E-state index contributed by atoms with van der Waals surface area (Å²) in [6.45, 7) is 2.61. The monoisotopic (exact) mass is 191 g/mol. The molecule has 0 radical (unpaired) electrons. The van der Waals surface area contributed by atoms with Crippen molar-refractivity contribution in [3.05, 3.63) is 0 Å². The van der Waals surface area contributed by atoms with Crippen LogP contribution in [0.4, 0.5) is 0 Å². The van der Waals surface area contributed by atoms with Gasteiger partial charge in [0, 0.05) is 18.6 Å². The summed E-state index contributed by atoms with van der Waals surface area (Å²) in [5, 5.41) is 12.7. The molecule has 3 rings (SSSR count). The maximum atomic E-state index is 9.25. The Bertz CT molecular complexity index is 138. The Morgan fingerprint density at radius 3 is 2.58 bits per heavy atom. The molecule has 1 saturated carbocycles. The molecule has 2 heterocycles. The molecular formula is C9H18ClNO. The molecule has 12 heavy (non-hydrogen) atoms. The van der Waals surface area contributed by atoms with Crippen molar-refractivity contribution in [1.82, 2.24) is 5.32 Å². The highest BCUT2D eigenvalue weighted by Gasteiger charge is 2.37. The number of halogens is 1. The number of hydrogen-bond acceptors (Lipinski definition) is 2. The number of fused-ring (bicyclic) bond motifs is 4. The van der Waals surface area contributed by atoms with Crippen LogP contribution in [0.5, 0.6) is 0 Å². The van der Waals surface area contributed by atoms with Gasteiger partial charge in [0.2, 0.25) is 0 Å². The van der Waals surface area contributed by atoms with Crippen molar-refractivity contribution in [1.29, 1.82) is 0 Å². The SMILES string of the molecule is Cl.OCC12CCC(CC1)CNC2. The normalized spacial score (nSPS) is 40.2. The van der Waals surface area contributed by atoms with Crippen molar-refractivity contribution < 1.29 is 5.11 Å². The molecule has 0 unspecified atom stereocenters. The van der Waals surface area contributed by atoms with Crippen molar-refractivity contribution in [3.8, 4) is 0 Å². The van der Waals surface area contributed by atoms with Crippen molar-refractivity contribution in [3.63, 3.8) is 0 Å². The van der Waals surface area contributed by atoms with E-state index < -0.39 is 0 Å². The summed E-state index contributed by atoms with van der Waals surface area (Å²) in [6, 6.07) is 0. The molecule has 3 fully saturated rings. The maximum absolute atomic E-state index is 9.25. The van der Waals surface area contributed by atoms with Crippen molar-refractivity contribution in [2.24, 2.45) is 11.3 Å². The Morgan fingerprint density at radius 2 is 2.00 bits per heavy atom. The molecule has 0 aromatic rings. The van der Waals surface area contributed by atoms with Crippen LogP contribution in [-0.2, 0) is 0 Å². The summed E-state index contributed by atoms with van der Waals surface area (Å²) in [5.74, 6) is 0.900. The van der Waals surface area contributed by atoms with Gasteiger partial charge in [-0.3, -0.25) is 0 Å². The van der Waals surface area contributed by atoms with Crippen LogP contribution in [0.1, 0.15) is 25.7 Å². The minimum atomic E-state index is 0. The Hall–Kier alpha value is 0.210. The van der Waals surface area contributed by atoms with Gasteiger partial charge in [0.05, 0.1) is 0 Å². The first-order valence-electron chi connectivity index (χ1n) is 4.66. The zero-order chi connectivity index (χ0) is 7.73. The predicted octanol–water partition coefficient (Wildman–Crippen LogP) is 1.18. The summed E-state index contributed by atoms with van der Waals surface area (Å²) in [5.41, 5.74) is 0.257. The van der Waals surface area contributed by atoms with E-state index in [1.54, 1.807) is 0 Å². The molecule has 2 nitrogen and oxygen atoms in total. The number of aliphatic hydroxyl groups excluding tert-OH is 1. The maximum Gasteiger partial charge on any atom is 0.0499 e. The zero-order valence-electron chi connectivity index (χ0n) is 7.38. The van der Waals surface area contributed by atoms with Gasteiger partial charge in [0.25, 0.3) is 0 Å². The van der Waals surface area contributed by atoms with Gasteiger partial charge >= 0.3 is 0 Å². The highest BCUT2D eigenvalue weighted by Crippen LogP contribution is 2.40. The second kappa shape index (κ2) is 3.95. The first-order valence-corrected chi connectivity index (χ1v) is 4.66. The first-order chi connectivity index (χ1) is 5.35. The lowest BCUT2D eigenvalue weighted by Gasteiger charge is -2.34. The van der Waals surface area contributed by atoms with E-state index in [1.165, 1.54) is 32.2 Å². The lowest BCUT2D eigenvalue weighted by molar-refractivity contribution is 0.0862. The Balaban J connectivity index is 0.000000720. The van der Waals surface area contributed by atoms with Crippen LogP contribution in [0.3, 0.4) is 0 Å². The van der Waals surface area contributed by atoms with Crippen molar-refractivity contribution >= 4 is 12.4 Å². The topological polar surface area (TPSA) is 32.3 Å². The first kappa shape index (κ1) is 10.3. The van der Waals surface area contributed by atoms with Crippen molar-refractivity contribution in [2.45, 2.75) is 25.7 Å². The van der Waals surface area contributed by atoms with Gasteiger partial charge in [-0.1, -0.05) is 0 Å². The minimum absolute atomic E-state index is 0. The number of aliphatic hydroxyl groups is 1. The van der Waals surface area contributed by atoms with Crippen LogP contribution in [0.15, 0.2) is 0 Å². The van der Waals surface area contributed by atoms with E-state index in [0.717, 1.165) is 12.5 Å². The van der Waals surface area contributed by atoms with E-state index in [4.69, 9.17) is 0 Å². The van der Waals surface area contributed by atoms with Crippen LogP contribution in [0, 0.1) is 11.3 Å². The van der Waals surface area contributed by atoms with Gasteiger partial charge in [0.1, 0.15) is 0 Å². The fraction of sp³-hybridized carbons (Fsp3) is 1.00. The Morgan fingerprint density at radius 1 is 1.33 bits per heavy atom. The molecule has 0 aromatic carbocycles. The van der Waals surface area contributed by atoms with E-state index in [-0.39, 0.29) is 17.8 Å². The van der Waals surface area contributed by atoms with Crippen LogP contribution in [0.25, 0.3) is 0 Å². The van der Waals surface area contributed by atoms with Gasteiger partial charge in [-0.25, -0.2) is 0 Å².